The van der Waals surface area contributed by atoms with Crippen LogP contribution in [0.5, 0.6) is 0 Å². The van der Waals surface area contributed by atoms with Gasteiger partial charge in [-0.15, -0.1) is 22.7 Å². The van der Waals surface area contributed by atoms with E-state index in [4.69, 9.17) is 0 Å². The van der Waals surface area contributed by atoms with Gasteiger partial charge in [0, 0.05) is 29.4 Å². The topological polar surface area (TPSA) is 69.7 Å². The van der Waals surface area contributed by atoms with Crippen molar-refractivity contribution < 1.29 is 13.2 Å². The Kier molecular flexibility index (Phi) is 8.04. The summed E-state index contributed by atoms with van der Waals surface area (Å²) in [5.74, 6) is 0.708. The summed E-state index contributed by atoms with van der Waals surface area (Å²) in [5, 5.41) is 5.20. The molecule has 6 nitrogen and oxygen atoms in total. The van der Waals surface area contributed by atoms with Crippen molar-refractivity contribution >= 4 is 38.6 Å². The van der Waals surface area contributed by atoms with Crippen LogP contribution in [-0.2, 0) is 21.2 Å². The van der Waals surface area contributed by atoms with Gasteiger partial charge in [-0.1, -0.05) is 19.4 Å². The Labute approximate surface area is 199 Å². The van der Waals surface area contributed by atoms with Crippen LogP contribution in [0.3, 0.4) is 0 Å². The number of carbonyl (C=O) groups excluding carboxylic acids is 1. The van der Waals surface area contributed by atoms with E-state index < -0.39 is 10.0 Å². The van der Waals surface area contributed by atoms with E-state index in [1.165, 1.54) is 29.1 Å². The summed E-state index contributed by atoms with van der Waals surface area (Å²) in [6, 6.07) is 7.85. The van der Waals surface area contributed by atoms with Crippen molar-refractivity contribution in [2.45, 2.75) is 55.7 Å². The molecule has 0 radical (unpaired) electrons. The van der Waals surface area contributed by atoms with Crippen LogP contribution in [0, 0.1) is 5.92 Å². The number of hydrogen-bond acceptors (Lipinski definition) is 6. The number of hydrogen-bond donors (Lipinski definition) is 1. The van der Waals surface area contributed by atoms with E-state index in [0.29, 0.717) is 23.8 Å². The van der Waals surface area contributed by atoms with Gasteiger partial charge in [0.25, 0.3) is 10.0 Å². The molecule has 1 amide bonds. The van der Waals surface area contributed by atoms with Crippen molar-refractivity contribution in [3.05, 3.63) is 39.4 Å². The van der Waals surface area contributed by atoms with Crippen molar-refractivity contribution in [1.82, 2.24) is 14.5 Å². The molecule has 1 atom stereocenters. The number of rotatable bonds is 8. The monoisotopic (exact) mass is 495 g/mol. The van der Waals surface area contributed by atoms with Crippen LogP contribution in [-0.4, -0.2) is 56.3 Å². The van der Waals surface area contributed by atoms with Gasteiger partial charge >= 0.3 is 0 Å². The highest BCUT2D eigenvalue weighted by Gasteiger charge is 2.28. The van der Waals surface area contributed by atoms with E-state index in [2.05, 4.69) is 34.7 Å². The SMILES string of the molecule is CC1CCN(C(CNC(=O)Cc2ccc(S(=O)(=O)N3CCCCC3)s2)c2cccs2)CC1. The predicted octanol–water partition coefficient (Wildman–Crippen LogP) is 4.12. The van der Waals surface area contributed by atoms with Crippen LogP contribution in [0.4, 0.5) is 0 Å². The predicted molar refractivity (Wildman–Crippen MR) is 131 cm³/mol. The first-order valence-electron chi connectivity index (χ1n) is 11.6. The van der Waals surface area contributed by atoms with E-state index in [-0.39, 0.29) is 18.4 Å². The molecule has 0 aromatic carbocycles. The molecule has 2 aromatic rings. The van der Waals surface area contributed by atoms with Crippen molar-refractivity contribution in [2.24, 2.45) is 5.92 Å². The molecule has 176 valence electrons. The highest BCUT2D eigenvalue weighted by molar-refractivity contribution is 7.91. The molecule has 1 unspecified atom stereocenters. The second-order valence-corrected chi connectivity index (χ2v) is 13.2. The molecular weight excluding hydrogens is 462 g/mol. The van der Waals surface area contributed by atoms with Gasteiger partial charge in [-0.2, -0.15) is 4.31 Å². The average Bonchev–Trinajstić information content (AvgIpc) is 3.49. The van der Waals surface area contributed by atoms with Gasteiger partial charge in [0.05, 0.1) is 12.5 Å². The molecule has 2 aliphatic rings. The number of sulfonamides is 1. The lowest BCUT2D eigenvalue weighted by molar-refractivity contribution is -0.120. The van der Waals surface area contributed by atoms with Crippen molar-refractivity contribution in [1.29, 1.82) is 0 Å². The normalized spacial score (nSPS) is 20.3. The third-order valence-corrected chi connectivity index (χ3v) is 10.9. The average molecular weight is 496 g/mol. The summed E-state index contributed by atoms with van der Waals surface area (Å²) in [6.45, 7) is 6.19. The highest BCUT2D eigenvalue weighted by Crippen LogP contribution is 2.30. The molecule has 4 heterocycles. The number of carbonyl (C=O) groups is 1. The van der Waals surface area contributed by atoms with Crippen LogP contribution in [0.1, 0.15) is 54.8 Å². The lowest BCUT2D eigenvalue weighted by Gasteiger charge is -2.36. The fraction of sp³-hybridized carbons (Fsp3) is 0.609. The smallest absolute Gasteiger partial charge is 0.252 e. The number of nitrogens with zero attached hydrogens (tertiary/aromatic N) is 2. The Balaban J connectivity index is 1.35. The first-order chi connectivity index (χ1) is 15.4. The molecule has 4 rings (SSSR count). The molecule has 0 saturated carbocycles. The summed E-state index contributed by atoms with van der Waals surface area (Å²) in [5.41, 5.74) is 0. The van der Waals surface area contributed by atoms with Crippen molar-refractivity contribution in [3.8, 4) is 0 Å². The maximum Gasteiger partial charge on any atom is 0.252 e. The summed E-state index contributed by atoms with van der Waals surface area (Å²) < 4.78 is 27.7. The second-order valence-electron chi connectivity index (χ2n) is 8.92. The molecule has 2 aromatic heterocycles. The molecule has 2 saturated heterocycles. The van der Waals surface area contributed by atoms with Crippen LogP contribution in [0.25, 0.3) is 0 Å². The molecule has 0 aliphatic carbocycles. The Morgan fingerprint density at radius 1 is 1.12 bits per heavy atom. The Hall–Kier alpha value is -1.26. The van der Waals surface area contributed by atoms with Crippen LogP contribution < -0.4 is 5.32 Å². The number of nitrogens with one attached hydrogen (secondary N) is 1. The fourth-order valence-corrected chi connectivity index (χ4v) is 8.37. The highest BCUT2D eigenvalue weighted by atomic mass is 32.2. The van der Waals surface area contributed by atoms with Gasteiger partial charge in [-0.25, -0.2) is 8.42 Å². The first kappa shape index (κ1) is 23.9. The zero-order valence-electron chi connectivity index (χ0n) is 18.7. The number of thiophene rings is 2. The van der Waals surface area contributed by atoms with Crippen LogP contribution >= 0.6 is 22.7 Å². The van der Waals surface area contributed by atoms with E-state index in [1.807, 2.05) is 0 Å². The minimum absolute atomic E-state index is 0.0549. The zero-order valence-corrected chi connectivity index (χ0v) is 21.1. The quantitative estimate of drug-likeness (QED) is 0.598. The zero-order chi connectivity index (χ0) is 22.6. The van der Waals surface area contributed by atoms with Gasteiger partial charge in [-0.05, 0) is 68.3 Å². The van der Waals surface area contributed by atoms with Crippen LogP contribution in [0.15, 0.2) is 33.9 Å². The van der Waals surface area contributed by atoms with Gasteiger partial charge < -0.3 is 5.32 Å². The number of amides is 1. The third-order valence-electron chi connectivity index (χ3n) is 6.50. The summed E-state index contributed by atoms with van der Waals surface area (Å²) >= 11 is 2.96. The Morgan fingerprint density at radius 2 is 1.88 bits per heavy atom. The molecule has 9 heteroatoms. The molecule has 32 heavy (non-hydrogen) atoms. The fourth-order valence-electron chi connectivity index (χ4n) is 4.49. The van der Waals surface area contributed by atoms with Gasteiger partial charge in [0.2, 0.25) is 5.91 Å². The first-order valence-corrected chi connectivity index (χ1v) is 14.7. The number of piperidine rings is 2. The van der Waals surface area contributed by atoms with Crippen molar-refractivity contribution in [3.63, 3.8) is 0 Å². The molecule has 1 N–H and O–H groups in total. The largest absolute Gasteiger partial charge is 0.354 e. The summed E-state index contributed by atoms with van der Waals surface area (Å²) in [4.78, 5) is 17.3. The maximum absolute atomic E-state index is 12.9. The van der Waals surface area contributed by atoms with E-state index in [1.54, 1.807) is 27.8 Å². The molecular formula is C23H33N3O3S3. The molecule has 0 bridgehead atoms. The minimum Gasteiger partial charge on any atom is -0.354 e. The van der Waals surface area contributed by atoms with Gasteiger partial charge in [0.15, 0.2) is 0 Å². The maximum atomic E-state index is 12.9. The van der Waals surface area contributed by atoms with Crippen LogP contribution in [0.2, 0.25) is 0 Å². The minimum atomic E-state index is -3.44. The van der Waals surface area contributed by atoms with E-state index in [0.717, 1.165) is 43.1 Å². The third kappa shape index (κ3) is 5.80. The molecule has 0 spiro atoms. The van der Waals surface area contributed by atoms with Crippen molar-refractivity contribution in [2.75, 3.05) is 32.7 Å². The summed E-state index contributed by atoms with van der Waals surface area (Å²) in [7, 11) is -3.44. The number of likely N-dealkylation sites (tertiary alicyclic amines) is 1. The Morgan fingerprint density at radius 3 is 2.56 bits per heavy atom. The second kappa shape index (κ2) is 10.8. The van der Waals surface area contributed by atoms with Gasteiger partial charge in [0.1, 0.15) is 4.21 Å². The summed E-state index contributed by atoms with van der Waals surface area (Å²) in [6.07, 6.45) is 5.53. The van der Waals surface area contributed by atoms with Gasteiger partial charge in [-0.3, -0.25) is 9.69 Å². The lowest BCUT2D eigenvalue weighted by atomic mass is 9.97. The lowest BCUT2D eigenvalue weighted by Crippen LogP contribution is -2.41. The van der Waals surface area contributed by atoms with E-state index >= 15 is 0 Å². The molecule has 2 fully saturated rings. The standard InChI is InChI=1S/C23H33N3O3S3/c1-18-9-13-25(14-10-18)20(21-6-5-15-30-21)17-24-22(27)16-19-7-8-23(31-19)32(28,29)26-11-3-2-4-12-26/h5-8,15,18,20H,2-4,9-14,16-17H2,1H3,(H,24,27). The Bertz CT molecular complexity index is 973. The molecule has 2 aliphatic heterocycles. The van der Waals surface area contributed by atoms with E-state index in [9.17, 15) is 13.2 Å².